The Balaban J connectivity index is 2.64. The van der Waals surface area contributed by atoms with Crippen molar-refractivity contribution >= 4 is 11.9 Å². The van der Waals surface area contributed by atoms with Gasteiger partial charge in [0.05, 0.1) is 0 Å². The number of carboxylic acids is 1. The molecule has 1 amide bonds. The summed E-state index contributed by atoms with van der Waals surface area (Å²) < 4.78 is 0. The number of amides is 1. The fraction of sp³-hybridized carbons (Fsp3) is 0.333. The van der Waals surface area contributed by atoms with Crippen LogP contribution in [0.3, 0.4) is 0 Å². The van der Waals surface area contributed by atoms with Crippen LogP contribution in [0.25, 0.3) is 0 Å². The first-order chi connectivity index (χ1) is 7.91. The van der Waals surface area contributed by atoms with Gasteiger partial charge in [0.1, 0.15) is 0 Å². The Morgan fingerprint density at radius 1 is 1.41 bits per heavy atom. The van der Waals surface area contributed by atoms with Gasteiger partial charge in [0.15, 0.2) is 6.04 Å². The molecule has 92 valence electrons. The van der Waals surface area contributed by atoms with Crippen LogP contribution in [-0.2, 0) is 16.1 Å². The first-order valence-corrected chi connectivity index (χ1v) is 5.24. The summed E-state index contributed by atoms with van der Waals surface area (Å²) in [5.74, 6) is -2.01. The Morgan fingerprint density at radius 2 is 2.06 bits per heavy atom. The van der Waals surface area contributed by atoms with Crippen molar-refractivity contribution in [3.8, 4) is 0 Å². The van der Waals surface area contributed by atoms with Crippen molar-refractivity contribution < 1.29 is 14.7 Å². The van der Waals surface area contributed by atoms with Crippen molar-refractivity contribution in [1.82, 2.24) is 5.32 Å². The summed E-state index contributed by atoms with van der Waals surface area (Å²) in [6.45, 7) is 4.17. The van der Waals surface area contributed by atoms with Gasteiger partial charge < -0.3 is 16.2 Å². The zero-order valence-electron chi connectivity index (χ0n) is 9.86. The van der Waals surface area contributed by atoms with Crippen LogP contribution >= 0.6 is 0 Å². The van der Waals surface area contributed by atoms with E-state index >= 15 is 0 Å². The quantitative estimate of drug-likeness (QED) is 0.657. The molecule has 17 heavy (non-hydrogen) atoms. The van der Waals surface area contributed by atoms with Crippen molar-refractivity contribution in [3.63, 3.8) is 0 Å². The number of aryl methyl sites for hydroxylation is 2. The Morgan fingerprint density at radius 3 is 2.65 bits per heavy atom. The van der Waals surface area contributed by atoms with Gasteiger partial charge in [0.2, 0.25) is 5.91 Å². The lowest BCUT2D eigenvalue weighted by molar-refractivity contribution is -0.142. The molecule has 1 unspecified atom stereocenters. The Hall–Kier alpha value is -1.88. The van der Waals surface area contributed by atoms with E-state index in [1.165, 1.54) is 0 Å². The number of carbonyl (C=O) groups is 2. The molecule has 0 spiro atoms. The average Bonchev–Trinajstić information content (AvgIpc) is 2.28. The predicted molar refractivity (Wildman–Crippen MR) is 63.4 cm³/mol. The minimum atomic E-state index is -1.51. The number of carbonyl (C=O) groups excluding carboxylic acids is 1. The maximum absolute atomic E-state index is 11.3. The van der Waals surface area contributed by atoms with Crippen molar-refractivity contribution in [2.24, 2.45) is 5.73 Å². The van der Waals surface area contributed by atoms with Gasteiger partial charge in [-0.05, 0) is 25.0 Å². The van der Waals surface area contributed by atoms with Crippen LogP contribution < -0.4 is 11.1 Å². The Kier molecular flexibility index (Phi) is 4.23. The second kappa shape index (κ2) is 5.45. The average molecular weight is 236 g/mol. The zero-order chi connectivity index (χ0) is 13.0. The van der Waals surface area contributed by atoms with Gasteiger partial charge in [-0.15, -0.1) is 0 Å². The predicted octanol–water partition coefficient (Wildman–Crippen LogP) is 0.332. The minimum Gasteiger partial charge on any atom is -0.480 e. The highest BCUT2D eigenvalue weighted by Gasteiger charge is 2.20. The first kappa shape index (κ1) is 13.2. The molecule has 1 aromatic rings. The zero-order valence-corrected chi connectivity index (χ0v) is 9.86. The summed E-state index contributed by atoms with van der Waals surface area (Å²) in [6, 6.07) is 4.36. The van der Waals surface area contributed by atoms with Crippen LogP contribution in [-0.4, -0.2) is 23.0 Å². The molecule has 1 aromatic carbocycles. The molecule has 0 aliphatic rings. The lowest BCUT2D eigenvalue weighted by Crippen LogP contribution is -2.45. The van der Waals surface area contributed by atoms with Gasteiger partial charge in [-0.1, -0.05) is 23.8 Å². The topological polar surface area (TPSA) is 92.4 Å². The van der Waals surface area contributed by atoms with Gasteiger partial charge in [-0.25, -0.2) is 4.79 Å². The molecule has 4 N–H and O–H groups in total. The second-order valence-corrected chi connectivity index (χ2v) is 3.96. The van der Waals surface area contributed by atoms with E-state index in [4.69, 9.17) is 10.8 Å². The van der Waals surface area contributed by atoms with Gasteiger partial charge in [-0.3, -0.25) is 4.79 Å². The smallest absolute Gasteiger partial charge is 0.330 e. The van der Waals surface area contributed by atoms with E-state index < -0.39 is 17.9 Å². The Bertz CT molecular complexity index is 443. The van der Waals surface area contributed by atoms with Crippen LogP contribution in [0.1, 0.15) is 16.7 Å². The van der Waals surface area contributed by atoms with E-state index in [9.17, 15) is 9.59 Å². The van der Waals surface area contributed by atoms with Crippen LogP contribution in [0.2, 0.25) is 0 Å². The summed E-state index contributed by atoms with van der Waals surface area (Å²) in [6.07, 6.45) is 0. The largest absolute Gasteiger partial charge is 0.480 e. The summed E-state index contributed by atoms with van der Waals surface area (Å²) >= 11 is 0. The molecule has 5 nitrogen and oxygen atoms in total. The number of benzene rings is 1. The fourth-order valence-corrected chi connectivity index (χ4v) is 1.40. The maximum Gasteiger partial charge on any atom is 0.330 e. The molecular weight excluding hydrogens is 220 g/mol. The number of aliphatic carboxylic acids is 1. The summed E-state index contributed by atoms with van der Waals surface area (Å²) in [5, 5.41) is 11.1. The molecule has 0 aliphatic carbocycles. The Labute approximate surface area is 99.6 Å². The minimum absolute atomic E-state index is 0.285. The molecule has 0 aliphatic heterocycles. The number of carboxylic acid groups (broad SMARTS) is 1. The number of hydrogen-bond donors (Lipinski definition) is 3. The molecule has 0 saturated carbocycles. The van der Waals surface area contributed by atoms with Gasteiger partial charge in [0.25, 0.3) is 0 Å². The number of nitrogens with two attached hydrogens (primary N) is 1. The van der Waals surface area contributed by atoms with E-state index in [0.29, 0.717) is 0 Å². The molecule has 0 saturated heterocycles. The van der Waals surface area contributed by atoms with Crippen LogP contribution in [0.4, 0.5) is 0 Å². The summed E-state index contributed by atoms with van der Waals surface area (Å²) in [4.78, 5) is 21.8. The van der Waals surface area contributed by atoms with Crippen LogP contribution in [0.5, 0.6) is 0 Å². The molecule has 0 radical (unpaired) electrons. The fourth-order valence-electron chi connectivity index (χ4n) is 1.40. The van der Waals surface area contributed by atoms with Crippen LogP contribution in [0.15, 0.2) is 18.2 Å². The molecule has 5 heteroatoms. The monoisotopic (exact) mass is 236 g/mol. The number of hydrogen-bond acceptors (Lipinski definition) is 3. The number of rotatable bonds is 4. The third-order valence-electron chi connectivity index (χ3n) is 2.51. The normalized spacial score (nSPS) is 11.9. The molecular formula is C12H16N2O3. The van der Waals surface area contributed by atoms with Gasteiger partial charge in [-0.2, -0.15) is 0 Å². The van der Waals surface area contributed by atoms with Crippen molar-refractivity contribution in [3.05, 3.63) is 34.9 Å². The van der Waals surface area contributed by atoms with Crippen LogP contribution in [0, 0.1) is 13.8 Å². The highest BCUT2D eigenvalue weighted by molar-refractivity contribution is 6.00. The summed E-state index contributed by atoms with van der Waals surface area (Å²) in [5.41, 5.74) is 8.26. The van der Waals surface area contributed by atoms with Crippen molar-refractivity contribution in [1.29, 1.82) is 0 Å². The molecule has 0 bridgehead atoms. The first-order valence-electron chi connectivity index (χ1n) is 5.24. The highest BCUT2D eigenvalue weighted by Crippen LogP contribution is 2.10. The van der Waals surface area contributed by atoms with E-state index in [0.717, 1.165) is 16.7 Å². The lowest BCUT2D eigenvalue weighted by Gasteiger charge is -2.10. The van der Waals surface area contributed by atoms with E-state index in [-0.39, 0.29) is 6.54 Å². The second-order valence-electron chi connectivity index (χ2n) is 3.96. The van der Waals surface area contributed by atoms with E-state index in [2.05, 4.69) is 5.32 Å². The molecule has 0 aromatic heterocycles. The number of nitrogens with one attached hydrogen (secondary N) is 1. The standard InChI is InChI=1S/C12H16N2O3/c1-7-3-4-8(2)9(5-7)6-14-11(15)10(13)12(16)17/h3-5,10H,6,13H2,1-2H3,(H,14,15)(H,16,17). The SMILES string of the molecule is Cc1ccc(C)c(CNC(=O)C(N)C(=O)O)c1. The van der Waals surface area contributed by atoms with E-state index in [1.54, 1.807) is 0 Å². The van der Waals surface area contributed by atoms with Crippen molar-refractivity contribution in [2.45, 2.75) is 26.4 Å². The lowest BCUT2D eigenvalue weighted by atomic mass is 10.1. The molecule has 0 fully saturated rings. The highest BCUT2D eigenvalue weighted by atomic mass is 16.4. The third-order valence-corrected chi connectivity index (χ3v) is 2.51. The van der Waals surface area contributed by atoms with Gasteiger partial charge >= 0.3 is 5.97 Å². The molecule has 1 rings (SSSR count). The maximum atomic E-state index is 11.3. The van der Waals surface area contributed by atoms with E-state index in [1.807, 2.05) is 32.0 Å². The summed E-state index contributed by atoms with van der Waals surface area (Å²) in [7, 11) is 0. The van der Waals surface area contributed by atoms with Crippen molar-refractivity contribution in [2.75, 3.05) is 0 Å². The third kappa shape index (κ3) is 3.57. The van der Waals surface area contributed by atoms with Gasteiger partial charge in [0, 0.05) is 6.54 Å². The molecule has 1 atom stereocenters. The molecule has 0 heterocycles.